The maximum absolute atomic E-state index is 11.8. The molecule has 0 spiro atoms. The van der Waals surface area contributed by atoms with Crippen LogP contribution < -0.4 is 22.3 Å². The summed E-state index contributed by atoms with van der Waals surface area (Å²) in [5, 5.41) is 2.99. The number of hydrogen-bond donors (Lipinski definition) is 3. The molecule has 0 saturated heterocycles. The number of nitrogens with zero attached hydrogens (tertiary/aromatic N) is 2. The second-order valence-corrected chi connectivity index (χ2v) is 5.32. The third-order valence-electron chi connectivity index (χ3n) is 2.96. The Morgan fingerprint density at radius 3 is 2.85 bits per heavy atom. The highest BCUT2D eigenvalue weighted by molar-refractivity contribution is 7.09. The molecule has 2 aromatic heterocycles. The highest BCUT2D eigenvalue weighted by Crippen LogP contribution is 2.16. The number of aryl methyl sites for hydroxylation is 1. The minimum atomic E-state index is -0.498. The van der Waals surface area contributed by atoms with Gasteiger partial charge in [0.25, 0.3) is 5.56 Å². The molecule has 4 N–H and O–H groups in total. The van der Waals surface area contributed by atoms with E-state index in [4.69, 9.17) is 5.73 Å². The van der Waals surface area contributed by atoms with E-state index in [1.54, 1.807) is 5.51 Å². The van der Waals surface area contributed by atoms with E-state index in [1.165, 1.54) is 15.9 Å². The number of nitrogen functional groups attached to an aromatic ring is 1. The lowest BCUT2D eigenvalue weighted by Crippen LogP contribution is -2.34. The molecule has 0 atom stereocenters. The van der Waals surface area contributed by atoms with Crippen LogP contribution in [-0.2, 0) is 13.1 Å². The van der Waals surface area contributed by atoms with E-state index >= 15 is 0 Å². The van der Waals surface area contributed by atoms with Crippen molar-refractivity contribution in [2.24, 2.45) is 0 Å². The molecule has 108 valence electrons. The smallest absolute Gasteiger partial charge is 0.330 e. The molecule has 2 heterocycles. The van der Waals surface area contributed by atoms with E-state index in [1.807, 2.05) is 13.8 Å². The van der Waals surface area contributed by atoms with Gasteiger partial charge in [-0.3, -0.25) is 14.3 Å². The van der Waals surface area contributed by atoms with Gasteiger partial charge in [-0.05, 0) is 13.3 Å². The van der Waals surface area contributed by atoms with Crippen LogP contribution in [0.2, 0.25) is 0 Å². The minimum Gasteiger partial charge on any atom is -0.383 e. The molecule has 7 nitrogen and oxygen atoms in total. The minimum absolute atomic E-state index is 0.169. The Hall–Kier alpha value is -2.09. The van der Waals surface area contributed by atoms with Gasteiger partial charge in [0.2, 0.25) is 0 Å². The summed E-state index contributed by atoms with van der Waals surface area (Å²) < 4.78 is 1.36. The van der Waals surface area contributed by atoms with Gasteiger partial charge in [-0.25, -0.2) is 9.78 Å². The molecule has 0 aliphatic carbocycles. The van der Waals surface area contributed by atoms with Crippen molar-refractivity contribution in [2.75, 3.05) is 11.1 Å². The lowest BCUT2D eigenvalue weighted by Gasteiger charge is -2.12. The molecule has 0 unspecified atom stereocenters. The van der Waals surface area contributed by atoms with E-state index in [0.29, 0.717) is 13.1 Å². The van der Waals surface area contributed by atoms with Crippen LogP contribution in [0.15, 0.2) is 15.1 Å². The first kappa shape index (κ1) is 14.3. The van der Waals surface area contributed by atoms with Gasteiger partial charge in [0.05, 0.1) is 17.7 Å². The number of aromatic amines is 1. The molecule has 20 heavy (non-hydrogen) atoms. The summed E-state index contributed by atoms with van der Waals surface area (Å²) in [7, 11) is 0. The molecule has 0 bridgehead atoms. The number of rotatable bonds is 5. The summed E-state index contributed by atoms with van der Waals surface area (Å²) in [5.41, 5.74) is 7.83. The molecule has 0 aliphatic heterocycles. The van der Waals surface area contributed by atoms with Crippen LogP contribution in [0.25, 0.3) is 0 Å². The topological polar surface area (TPSA) is 106 Å². The summed E-state index contributed by atoms with van der Waals surface area (Å²) in [4.78, 5) is 31.0. The Morgan fingerprint density at radius 2 is 2.25 bits per heavy atom. The third-order valence-corrected chi connectivity index (χ3v) is 3.89. The van der Waals surface area contributed by atoms with Gasteiger partial charge in [0.15, 0.2) is 0 Å². The second-order valence-electron chi connectivity index (χ2n) is 4.39. The van der Waals surface area contributed by atoms with Crippen molar-refractivity contribution in [3.63, 3.8) is 0 Å². The average Bonchev–Trinajstić information content (AvgIpc) is 2.80. The van der Waals surface area contributed by atoms with Gasteiger partial charge in [-0.1, -0.05) is 6.92 Å². The molecule has 2 aromatic rings. The fourth-order valence-corrected chi connectivity index (χ4v) is 2.59. The number of H-pyrrole nitrogens is 1. The molecule has 0 amide bonds. The SMILES string of the molecule is CCCn1c(N)c(NCc2scnc2C)c(=O)[nH]c1=O. The van der Waals surface area contributed by atoms with Crippen LogP contribution in [0.1, 0.15) is 23.9 Å². The fourth-order valence-electron chi connectivity index (χ4n) is 1.87. The predicted molar refractivity (Wildman–Crippen MR) is 80.2 cm³/mol. The van der Waals surface area contributed by atoms with Crippen LogP contribution in [0.5, 0.6) is 0 Å². The summed E-state index contributed by atoms with van der Waals surface area (Å²) in [6.07, 6.45) is 0.754. The Kier molecular flexibility index (Phi) is 4.23. The Labute approximate surface area is 119 Å². The standard InChI is InChI=1S/C12H17N5O2S/c1-3-4-17-10(13)9(11(18)16-12(17)19)14-5-8-7(2)15-6-20-8/h6,14H,3-5,13H2,1-2H3,(H,16,18,19). The fraction of sp³-hybridized carbons (Fsp3) is 0.417. The number of hydrogen-bond acceptors (Lipinski definition) is 6. The zero-order valence-electron chi connectivity index (χ0n) is 11.4. The number of nitrogens with one attached hydrogen (secondary N) is 2. The van der Waals surface area contributed by atoms with E-state index in [2.05, 4.69) is 15.3 Å². The molecular weight excluding hydrogens is 278 g/mol. The van der Waals surface area contributed by atoms with Crippen LogP contribution in [0.4, 0.5) is 11.5 Å². The van der Waals surface area contributed by atoms with Crippen molar-refractivity contribution in [3.05, 3.63) is 36.9 Å². The summed E-state index contributed by atoms with van der Waals surface area (Å²) in [6.45, 7) is 4.76. The van der Waals surface area contributed by atoms with E-state index < -0.39 is 11.2 Å². The van der Waals surface area contributed by atoms with Crippen LogP contribution in [0.3, 0.4) is 0 Å². The first-order valence-electron chi connectivity index (χ1n) is 6.30. The van der Waals surface area contributed by atoms with Crippen LogP contribution in [-0.4, -0.2) is 14.5 Å². The number of anilines is 2. The van der Waals surface area contributed by atoms with Gasteiger partial charge in [-0.2, -0.15) is 0 Å². The first-order valence-corrected chi connectivity index (χ1v) is 7.18. The zero-order valence-corrected chi connectivity index (χ0v) is 12.2. The summed E-state index contributed by atoms with van der Waals surface area (Å²) in [6, 6.07) is 0. The summed E-state index contributed by atoms with van der Waals surface area (Å²) >= 11 is 1.50. The van der Waals surface area contributed by atoms with Crippen molar-refractivity contribution in [1.29, 1.82) is 0 Å². The van der Waals surface area contributed by atoms with Crippen molar-refractivity contribution in [2.45, 2.75) is 33.4 Å². The zero-order chi connectivity index (χ0) is 14.7. The lowest BCUT2D eigenvalue weighted by atomic mass is 10.3. The maximum atomic E-state index is 11.8. The van der Waals surface area contributed by atoms with Crippen LogP contribution in [0, 0.1) is 6.92 Å². The van der Waals surface area contributed by atoms with Gasteiger partial charge < -0.3 is 11.1 Å². The number of nitrogens with two attached hydrogens (primary N) is 1. The predicted octanol–water partition coefficient (Wildman–Crippen LogP) is 0.906. The van der Waals surface area contributed by atoms with Crippen molar-refractivity contribution in [1.82, 2.24) is 14.5 Å². The normalized spacial score (nSPS) is 10.7. The van der Waals surface area contributed by atoms with E-state index in [0.717, 1.165) is 17.0 Å². The van der Waals surface area contributed by atoms with Gasteiger partial charge >= 0.3 is 5.69 Å². The Morgan fingerprint density at radius 1 is 1.50 bits per heavy atom. The van der Waals surface area contributed by atoms with Crippen molar-refractivity contribution < 1.29 is 0 Å². The molecule has 0 radical (unpaired) electrons. The lowest BCUT2D eigenvalue weighted by molar-refractivity contribution is 0.642. The average molecular weight is 295 g/mol. The molecule has 0 fully saturated rings. The quantitative estimate of drug-likeness (QED) is 0.760. The second kappa shape index (κ2) is 5.91. The van der Waals surface area contributed by atoms with Gasteiger partial charge in [0.1, 0.15) is 11.5 Å². The molecule has 0 saturated carbocycles. The molecular formula is C12H17N5O2S. The number of aromatic nitrogens is 3. The molecule has 8 heteroatoms. The number of thiazole rings is 1. The molecule has 2 rings (SSSR count). The van der Waals surface area contributed by atoms with Crippen molar-refractivity contribution in [3.8, 4) is 0 Å². The summed E-state index contributed by atoms with van der Waals surface area (Å²) in [5.74, 6) is 0.169. The van der Waals surface area contributed by atoms with E-state index in [9.17, 15) is 9.59 Å². The molecule has 0 aliphatic rings. The Balaban J connectivity index is 2.32. The first-order chi connectivity index (χ1) is 9.54. The highest BCUT2D eigenvalue weighted by atomic mass is 32.1. The third kappa shape index (κ3) is 2.74. The largest absolute Gasteiger partial charge is 0.383 e. The van der Waals surface area contributed by atoms with Gasteiger partial charge in [-0.15, -0.1) is 11.3 Å². The monoisotopic (exact) mass is 295 g/mol. The van der Waals surface area contributed by atoms with Crippen LogP contribution >= 0.6 is 11.3 Å². The Bertz CT molecular complexity index is 715. The van der Waals surface area contributed by atoms with Crippen molar-refractivity contribution >= 4 is 22.8 Å². The molecule has 0 aromatic carbocycles. The van der Waals surface area contributed by atoms with E-state index in [-0.39, 0.29) is 11.5 Å². The maximum Gasteiger partial charge on any atom is 0.330 e. The van der Waals surface area contributed by atoms with Gasteiger partial charge in [0, 0.05) is 11.4 Å². The highest BCUT2D eigenvalue weighted by Gasteiger charge is 2.12.